The molecule has 0 aliphatic heterocycles. The fourth-order valence-electron chi connectivity index (χ4n) is 2.02. The predicted octanol–water partition coefficient (Wildman–Crippen LogP) is 3.80. The van der Waals surface area contributed by atoms with Gasteiger partial charge in [-0.15, -0.1) is 5.10 Å². The Hall–Kier alpha value is -2.71. The molecule has 0 saturated heterocycles. The summed E-state index contributed by atoms with van der Waals surface area (Å²) in [5.41, 5.74) is 2.14. The van der Waals surface area contributed by atoms with E-state index in [2.05, 4.69) is 15.4 Å². The van der Waals surface area contributed by atoms with Gasteiger partial charge in [0.05, 0.1) is 0 Å². The van der Waals surface area contributed by atoms with Crippen LogP contribution in [-0.2, 0) is 0 Å². The largest absolute Gasteiger partial charge is 0.247 e. The van der Waals surface area contributed by atoms with Gasteiger partial charge in [0.1, 0.15) is 17.6 Å². The molecule has 0 radical (unpaired) electrons. The highest BCUT2D eigenvalue weighted by Crippen LogP contribution is 2.28. The first-order valence-electron chi connectivity index (χ1n) is 6.06. The standard InChI is InChI=1S/C15H8ClFN4/c16-11-4-1-9(2-5-11)10-3-6-12(13(17)7-10)15-14(8-18)19-21-20-15/h1-7H,(H,19,20,21). The van der Waals surface area contributed by atoms with E-state index in [1.807, 2.05) is 18.2 Å². The molecule has 1 N–H and O–H groups in total. The van der Waals surface area contributed by atoms with Gasteiger partial charge in [0.15, 0.2) is 5.69 Å². The maximum absolute atomic E-state index is 14.3. The molecule has 0 atom stereocenters. The van der Waals surface area contributed by atoms with Crippen LogP contribution in [0.2, 0.25) is 5.02 Å². The van der Waals surface area contributed by atoms with E-state index in [0.717, 1.165) is 11.1 Å². The van der Waals surface area contributed by atoms with E-state index in [1.54, 1.807) is 24.3 Å². The summed E-state index contributed by atoms with van der Waals surface area (Å²) in [5.74, 6) is -0.465. The van der Waals surface area contributed by atoms with Crippen LogP contribution < -0.4 is 0 Å². The van der Waals surface area contributed by atoms with Gasteiger partial charge in [0, 0.05) is 10.6 Å². The summed E-state index contributed by atoms with van der Waals surface area (Å²) in [6, 6.07) is 13.7. The highest BCUT2D eigenvalue weighted by Gasteiger charge is 2.14. The van der Waals surface area contributed by atoms with Crippen molar-refractivity contribution in [3.63, 3.8) is 0 Å². The summed E-state index contributed by atoms with van der Waals surface area (Å²) < 4.78 is 14.3. The first-order valence-corrected chi connectivity index (χ1v) is 6.44. The minimum atomic E-state index is -0.465. The number of benzene rings is 2. The van der Waals surface area contributed by atoms with Crippen molar-refractivity contribution < 1.29 is 4.39 Å². The van der Waals surface area contributed by atoms with Crippen LogP contribution in [0.5, 0.6) is 0 Å². The molecular formula is C15H8ClFN4. The second-order valence-corrected chi connectivity index (χ2v) is 4.79. The number of nitriles is 1. The van der Waals surface area contributed by atoms with Gasteiger partial charge in [0.2, 0.25) is 0 Å². The van der Waals surface area contributed by atoms with Crippen LogP contribution in [0.4, 0.5) is 4.39 Å². The number of hydrogen-bond donors (Lipinski definition) is 1. The van der Waals surface area contributed by atoms with E-state index in [9.17, 15) is 4.39 Å². The Bertz CT molecular complexity index is 834. The summed E-state index contributed by atoms with van der Waals surface area (Å²) in [4.78, 5) is 0. The minimum Gasteiger partial charge on any atom is -0.247 e. The number of H-pyrrole nitrogens is 1. The smallest absolute Gasteiger partial charge is 0.163 e. The van der Waals surface area contributed by atoms with E-state index in [4.69, 9.17) is 16.9 Å². The number of aromatic amines is 1. The molecule has 3 aromatic rings. The fourth-order valence-corrected chi connectivity index (χ4v) is 2.15. The maximum atomic E-state index is 14.3. The van der Waals surface area contributed by atoms with Crippen LogP contribution in [0, 0.1) is 17.1 Å². The Balaban J connectivity index is 2.05. The van der Waals surface area contributed by atoms with E-state index < -0.39 is 5.82 Å². The Morgan fingerprint density at radius 3 is 2.48 bits per heavy atom. The lowest BCUT2D eigenvalue weighted by molar-refractivity contribution is 0.631. The van der Waals surface area contributed by atoms with Crippen molar-refractivity contribution in [2.24, 2.45) is 0 Å². The summed E-state index contributed by atoms with van der Waals surface area (Å²) in [6.45, 7) is 0. The molecule has 4 nitrogen and oxygen atoms in total. The summed E-state index contributed by atoms with van der Waals surface area (Å²) >= 11 is 5.83. The Kier molecular flexibility index (Phi) is 3.38. The van der Waals surface area contributed by atoms with Crippen molar-refractivity contribution in [2.45, 2.75) is 0 Å². The quantitative estimate of drug-likeness (QED) is 0.782. The van der Waals surface area contributed by atoms with Gasteiger partial charge in [-0.2, -0.15) is 5.26 Å². The van der Waals surface area contributed by atoms with Gasteiger partial charge < -0.3 is 0 Å². The van der Waals surface area contributed by atoms with Crippen molar-refractivity contribution in [2.75, 3.05) is 0 Å². The van der Waals surface area contributed by atoms with Crippen LogP contribution in [0.1, 0.15) is 5.69 Å². The van der Waals surface area contributed by atoms with Gasteiger partial charge in [-0.05, 0) is 35.4 Å². The Labute approximate surface area is 124 Å². The van der Waals surface area contributed by atoms with Crippen molar-refractivity contribution in [1.82, 2.24) is 15.4 Å². The molecule has 0 unspecified atom stereocenters. The lowest BCUT2D eigenvalue weighted by Gasteiger charge is -2.05. The first-order chi connectivity index (χ1) is 10.2. The highest BCUT2D eigenvalue weighted by molar-refractivity contribution is 6.30. The van der Waals surface area contributed by atoms with Crippen molar-refractivity contribution in [3.8, 4) is 28.5 Å². The maximum Gasteiger partial charge on any atom is 0.163 e. The third kappa shape index (κ3) is 2.49. The third-order valence-corrected chi connectivity index (χ3v) is 3.31. The van der Waals surface area contributed by atoms with Crippen LogP contribution in [0.3, 0.4) is 0 Å². The van der Waals surface area contributed by atoms with E-state index in [-0.39, 0.29) is 17.0 Å². The summed E-state index contributed by atoms with van der Waals surface area (Å²) in [5, 5.41) is 19.2. The van der Waals surface area contributed by atoms with Crippen LogP contribution in [0.25, 0.3) is 22.4 Å². The van der Waals surface area contributed by atoms with Crippen molar-refractivity contribution in [3.05, 3.63) is 59.0 Å². The van der Waals surface area contributed by atoms with Crippen LogP contribution >= 0.6 is 11.6 Å². The number of hydrogen-bond acceptors (Lipinski definition) is 3. The zero-order valence-electron chi connectivity index (χ0n) is 10.6. The van der Waals surface area contributed by atoms with Gasteiger partial charge in [-0.25, -0.2) is 9.49 Å². The predicted molar refractivity (Wildman–Crippen MR) is 76.9 cm³/mol. The number of nitrogens with zero attached hydrogens (tertiary/aromatic N) is 3. The molecule has 0 amide bonds. The van der Waals surface area contributed by atoms with Gasteiger partial charge in [0.25, 0.3) is 0 Å². The molecule has 3 rings (SSSR count). The number of rotatable bonds is 2. The third-order valence-electron chi connectivity index (χ3n) is 3.06. The van der Waals surface area contributed by atoms with Crippen LogP contribution in [0.15, 0.2) is 42.5 Å². The zero-order valence-corrected chi connectivity index (χ0v) is 11.4. The topological polar surface area (TPSA) is 65.4 Å². The molecule has 6 heteroatoms. The monoisotopic (exact) mass is 298 g/mol. The molecule has 0 spiro atoms. The second-order valence-electron chi connectivity index (χ2n) is 4.35. The second kappa shape index (κ2) is 5.35. The Morgan fingerprint density at radius 2 is 1.81 bits per heavy atom. The van der Waals surface area contributed by atoms with E-state index in [1.165, 1.54) is 6.07 Å². The molecule has 1 heterocycles. The molecule has 2 aromatic carbocycles. The molecule has 0 aliphatic rings. The fraction of sp³-hybridized carbons (Fsp3) is 0. The first kappa shape index (κ1) is 13.3. The average molecular weight is 299 g/mol. The molecule has 0 aliphatic carbocycles. The Morgan fingerprint density at radius 1 is 1.10 bits per heavy atom. The van der Waals surface area contributed by atoms with Crippen LogP contribution in [-0.4, -0.2) is 15.4 Å². The SMILES string of the molecule is N#Cc1[nH]nnc1-c1ccc(-c2ccc(Cl)cc2)cc1F. The molecule has 0 saturated carbocycles. The molecule has 21 heavy (non-hydrogen) atoms. The van der Waals surface area contributed by atoms with Crippen molar-refractivity contribution in [1.29, 1.82) is 5.26 Å². The van der Waals surface area contributed by atoms with E-state index >= 15 is 0 Å². The summed E-state index contributed by atoms with van der Waals surface area (Å²) in [7, 11) is 0. The van der Waals surface area contributed by atoms with Gasteiger partial charge in [-0.3, -0.25) is 0 Å². The van der Waals surface area contributed by atoms with Gasteiger partial charge >= 0.3 is 0 Å². The number of nitrogens with one attached hydrogen (secondary N) is 1. The molecule has 0 bridgehead atoms. The lowest BCUT2D eigenvalue weighted by Crippen LogP contribution is -1.89. The summed E-state index contributed by atoms with van der Waals surface area (Å²) in [6.07, 6.45) is 0. The average Bonchev–Trinajstić information content (AvgIpc) is 2.96. The number of aromatic nitrogens is 3. The molecule has 102 valence electrons. The minimum absolute atomic E-state index is 0.133. The van der Waals surface area contributed by atoms with E-state index in [0.29, 0.717) is 5.02 Å². The molecule has 1 aromatic heterocycles. The van der Waals surface area contributed by atoms with Gasteiger partial charge in [-0.1, -0.05) is 35.0 Å². The molecule has 0 fully saturated rings. The normalized spacial score (nSPS) is 10.3. The zero-order chi connectivity index (χ0) is 14.8. The lowest BCUT2D eigenvalue weighted by atomic mass is 10.0. The highest BCUT2D eigenvalue weighted by atomic mass is 35.5. The number of halogens is 2. The van der Waals surface area contributed by atoms with Crippen molar-refractivity contribution >= 4 is 11.6 Å². The molecular weight excluding hydrogens is 291 g/mol.